The highest BCUT2D eigenvalue weighted by atomic mass is 16.3. The van der Waals surface area contributed by atoms with Gasteiger partial charge >= 0.3 is 0 Å². The Morgan fingerprint density at radius 3 is 2.55 bits per heavy atom. The van der Waals surface area contributed by atoms with Gasteiger partial charge in [-0.15, -0.1) is 0 Å². The number of aliphatic hydroxyl groups is 1. The first kappa shape index (κ1) is 12.8. The fraction of sp³-hybridized carbons (Fsp3) is 0.167. The lowest BCUT2D eigenvalue weighted by molar-refractivity contribution is 0.220. The zero-order valence-electron chi connectivity index (χ0n) is 11.7. The van der Waals surface area contributed by atoms with Crippen molar-refractivity contribution in [1.82, 2.24) is 4.98 Å². The molecule has 0 aliphatic heterocycles. The second-order valence-electron chi connectivity index (χ2n) is 5.14. The van der Waals surface area contributed by atoms with Crippen molar-refractivity contribution in [3.8, 4) is 0 Å². The molecule has 2 aromatic carbocycles. The lowest BCUT2D eigenvalue weighted by atomic mass is 9.93. The minimum absolute atomic E-state index is 0.645. The van der Waals surface area contributed by atoms with Crippen LogP contribution in [0.2, 0.25) is 0 Å². The second-order valence-corrected chi connectivity index (χ2v) is 5.14. The predicted molar refractivity (Wildman–Crippen MR) is 81.7 cm³/mol. The molecule has 0 spiro atoms. The zero-order chi connectivity index (χ0) is 14.1. The summed E-state index contributed by atoms with van der Waals surface area (Å²) in [6, 6.07) is 14.0. The van der Waals surface area contributed by atoms with E-state index >= 15 is 0 Å². The molecule has 1 aromatic heterocycles. The van der Waals surface area contributed by atoms with Crippen molar-refractivity contribution in [3.63, 3.8) is 0 Å². The van der Waals surface area contributed by atoms with Crippen LogP contribution in [0, 0.1) is 13.8 Å². The third-order valence-electron chi connectivity index (χ3n) is 3.93. The molecular weight excluding hydrogens is 246 g/mol. The standard InChI is InChI=1S/C18H17NO/c1-12-6-5-9-15(13(12)2)18(20)17-11-19-10-14-7-3-4-8-16(14)17/h3-11,18,20H,1-2H3. The van der Waals surface area contributed by atoms with E-state index in [0.717, 1.165) is 27.5 Å². The summed E-state index contributed by atoms with van der Waals surface area (Å²) in [5, 5.41) is 12.9. The Bertz CT molecular complexity index is 759. The van der Waals surface area contributed by atoms with Crippen LogP contribution in [0.25, 0.3) is 10.8 Å². The number of aryl methyl sites for hydroxylation is 1. The van der Waals surface area contributed by atoms with Gasteiger partial charge in [0.15, 0.2) is 0 Å². The Balaban J connectivity index is 2.18. The third-order valence-corrected chi connectivity index (χ3v) is 3.93. The number of aromatic nitrogens is 1. The summed E-state index contributed by atoms with van der Waals surface area (Å²) in [4.78, 5) is 4.25. The molecule has 3 aromatic rings. The maximum Gasteiger partial charge on any atom is 0.106 e. The minimum atomic E-state index is -0.645. The molecule has 2 heteroatoms. The summed E-state index contributed by atoms with van der Waals surface area (Å²) in [6.45, 7) is 4.11. The molecule has 2 nitrogen and oxygen atoms in total. The van der Waals surface area contributed by atoms with E-state index in [1.165, 1.54) is 5.56 Å². The first-order valence-electron chi connectivity index (χ1n) is 6.75. The molecule has 1 N–H and O–H groups in total. The molecule has 20 heavy (non-hydrogen) atoms. The predicted octanol–water partition coefficient (Wildman–Crippen LogP) is 3.93. The van der Waals surface area contributed by atoms with E-state index in [2.05, 4.69) is 18.0 Å². The molecule has 1 heterocycles. The van der Waals surface area contributed by atoms with Gasteiger partial charge in [-0.25, -0.2) is 0 Å². The van der Waals surface area contributed by atoms with Gasteiger partial charge in [0.1, 0.15) is 6.10 Å². The second kappa shape index (κ2) is 5.06. The Hall–Kier alpha value is -2.19. The molecule has 0 aliphatic rings. The number of rotatable bonds is 2. The van der Waals surface area contributed by atoms with Gasteiger partial charge in [0.25, 0.3) is 0 Å². The normalized spacial score (nSPS) is 12.6. The van der Waals surface area contributed by atoms with Gasteiger partial charge in [0.05, 0.1) is 0 Å². The van der Waals surface area contributed by atoms with E-state index in [4.69, 9.17) is 0 Å². The van der Waals surface area contributed by atoms with Crippen molar-refractivity contribution in [2.45, 2.75) is 20.0 Å². The van der Waals surface area contributed by atoms with E-state index in [9.17, 15) is 5.11 Å². The lowest BCUT2D eigenvalue weighted by Gasteiger charge is -2.17. The molecule has 1 atom stereocenters. The summed E-state index contributed by atoms with van der Waals surface area (Å²) >= 11 is 0. The molecule has 0 radical (unpaired) electrons. The van der Waals surface area contributed by atoms with Crippen LogP contribution in [0.4, 0.5) is 0 Å². The monoisotopic (exact) mass is 263 g/mol. The lowest BCUT2D eigenvalue weighted by Crippen LogP contribution is -2.04. The highest BCUT2D eigenvalue weighted by Crippen LogP contribution is 2.30. The number of hydrogen-bond donors (Lipinski definition) is 1. The van der Waals surface area contributed by atoms with Gasteiger partial charge in [-0.3, -0.25) is 4.98 Å². The van der Waals surface area contributed by atoms with Gasteiger partial charge in [0.2, 0.25) is 0 Å². The summed E-state index contributed by atoms with van der Waals surface area (Å²) in [5.74, 6) is 0. The largest absolute Gasteiger partial charge is 0.384 e. The zero-order valence-corrected chi connectivity index (χ0v) is 11.7. The molecule has 0 bridgehead atoms. The number of nitrogens with zero attached hydrogens (tertiary/aromatic N) is 1. The Kier molecular flexibility index (Phi) is 3.25. The van der Waals surface area contributed by atoms with E-state index < -0.39 is 6.10 Å². The van der Waals surface area contributed by atoms with Crippen molar-refractivity contribution >= 4 is 10.8 Å². The van der Waals surface area contributed by atoms with Gasteiger partial charge < -0.3 is 5.11 Å². The van der Waals surface area contributed by atoms with Crippen LogP contribution < -0.4 is 0 Å². The van der Waals surface area contributed by atoms with E-state index in [1.54, 1.807) is 6.20 Å². The van der Waals surface area contributed by atoms with E-state index in [-0.39, 0.29) is 0 Å². The Morgan fingerprint density at radius 2 is 1.70 bits per heavy atom. The highest BCUT2D eigenvalue weighted by molar-refractivity contribution is 5.85. The quantitative estimate of drug-likeness (QED) is 0.760. The molecule has 0 aliphatic carbocycles. The fourth-order valence-corrected chi connectivity index (χ4v) is 2.60. The molecule has 0 fully saturated rings. The number of benzene rings is 2. The van der Waals surface area contributed by atoms with Crippen molar-refractivity contribution < 1.29 is 5.11 Å². The maximum atomic E-state index is 10.8. The summed E-state index contributed by atoms with van der Waals surface area (Å²) in [7, 11) is 0. The van der Waals surface area contributed by atoms with Crippen LogP contribution in [0.3, 0.4) is 0 Å². The van der Waals surface area contributed by atoms with Gasteiger partial charge in [0, 0.05) is 23.3 Å². The summed E-state index contributed by atoms with van der Waals surface area (Å²) in [6.07, 6.45) is 2.94. The van der Waals surface area contributed by atoms with Crippen LogP contribution in [-0.2, 0) is 0 Å². The van der Waals surface area contributed by atoms with Gasteiger partial charge in [-0.2, -0.15) is 0 Å². The number of pyridine rings is 1. The van der Waals surface area contributed by atoms with Gasteiger partial charge in [-0.1, -0.05) is 42.5 Å². The van der Waals surface area contributed by atoms with Crippen LogP contribution >= 0.6 is 0 Å². The van der Waals surface area contributed by atoms with Crippen molar-refractivity contribution in [2.24, 2.45) is 0 Å². The molecule has 1 unspecified atom stereocenters. The minimum Gasteiger partial charge on any atom is -0.384 e. The van der Waals surface area contributed by atoms with E-state index in [1.807, 2.05) is 49.5 Å². The number of aliphatic hydroxyl groups excluding tert-OH is 1. The van der Waals surface area contributed by atoms with Crippen molar-refractivity contribution in [2.75, 3.05) is 0 Å². The van der Waals surface area contributed by atoms with Crippen LogP contribution in [0.5, 0.6) is 0 Å². The summed E-state index contributed by atoms with van der Waals surface area (Å²) in [5.41, 5.74) is 4.13. The third kappa shape index (κ3) is 2.08. The number of fused-ring (bicyclic) bond motifs is 1. The maximum absolute atomic E-state index is 10.8. The fourth-order valence-electron chi connectivity index (χ4n) is 2.60. The first-order valence-corrected chi connectivity index (χ1v) is 6.75. The highest BCUT2D eigenvalue weighted by Gasteiger charge is 2.16. The van der Waals surface area contributed by atoms with Crippen LogP contribution in [0.1, 0.15) is 28.4 Å². The van der Waals surface area contributed by atoms with Crippen molar-refractivity contribution in [1.29, 1.82) is 0 Å². The van der Waals surface area contributed by atoms with Crippen molar-refractivity contribution in [3.05, 3.63) is 77.1 Å². The average Bonchev–Trinajstić information content (AvgIpc) is 2.49. The molecule has 100 valence electrons. The molecule has 0 saturated heterocycles. The van der Waals surface area contributed by atoms with Crippen LogP contribution in [-0.4, -0.2) is 10.1 Å². The molecule has 3 rings (SSSR count). The van der Waals surface area contributed by atoms with E-state index in [0.29, 0.717) is 0 Å². The summed E-state index contributed by atoms with van der Waals surface area (Å²) < 4.78 is 0. The average molecular weight is 263 g/mol. The SMILES string of the molecule is Cc1cccc(C(O)c2cncc3ccccc23)c1C. The smallest absolute Gasteiger partial charge is 0.106 e. The first-order chi connectivity index (χ1) is 9.68. The Labute approximate surface area is 118 Å². The van der Waals surface area contributed by atoms with Crippen LogP contribution in [0.15, 0.2) is 54.9 Å². The number of hydrogen-bond acceptors (Lipinski definition) is 2. The topological polar surface area (TPSA) is 33.1 Å². The molecular formula is C18H17NO. The van der Waals surface area contributed by atoms with Gasteiger partial charge in [-0.05, 0) is 35.9 Å². The molecule has 0 amide bonds. The molecule has 0 saturated carbocycles. The Morgan fingerprint density at radius 1 is 0.900 bits per heavy atom.